The van der Waals surface area contributed by atoms with Crippen LogP contribution in [0.2, 0.25) is 0 Å². The maximum atomic E-state index is 13.0. The third-order valence-electron chi connectivity index (χ3n) is 4.94. The Balaban J connectivity index is 2.30. The molecule has 3 N–H and O–H groups in total. The van der Waals surface area contributed by atoms with Crippen LogP contribution in [-0.2, 0) is 14.3 Å². The normalized spacial score (nSPS) is 16.4. The van der Waals surface area contributed by atoms with Crippen molar-refractivity contribution in [2.24, 2.45) is 5.73 Å². The van der Waals surface area contributed by atoms with Crippen LogP contribution in [0.25, 0.3) is 10.9 Å². The molecular formula is C22H21N3O4. The highest BCUT2D eigenvalue weighted by molar-refractivity contribution is 5.93. The van der Waals surface area contributed by atoms with Gasteiger partial charge < -0.3 is 20.2 Å². The predicted molar refractivity (Wildman–Crippen MR) is 109 cm³/mol. The number of hydrogen-bond acceptors (Lipinski definition) is 6. The lowest BCUT2D eigenvalue weighted by atomic mass is 9.83. The Labute approximate surface area is 167 Å². The monoisotopic (exact) mass is 391 g/mol. The Kier molecular flexibility index (Phi) is 5.29. The summed E-state index contributed by atoms with van der Waals surface area (Å²) in [6.45, 7) is 8.86. The summed E-state index contributed by atoms with van der Waals surface area (Å²) in [7, 11) is 0. The number of nitriles is 1. The van der Waals surface area contributed by atoms with E-state index < -0.39 is 17.4 Å². The topological polar surface area (TPSA) is 118 Å². The van der Waals surface area contributed by atoms with Gasteiger partial charge in [0.05, 0.1) is 17.0 Å². The standard InChI is InChI=1S/C22H21N3O4/c1-5-8-28-22(27)17-13(4)29-20(24)16(10-23)18(17)15-9-14-11(2)6-7-12(3)19(14)25-21(15)26/h5-7,9,18H,1,8,24H2,2-4H3,(H,25,26). The number of fused-ring (bicyclic) bond motifs is 1. The van der Waals surface area contributed by atoms with E-state index >= 15 is 0 Å². The molecule has 0 saturated heterocycles. The summed E-state index contributed by atoms with van der Waals surface area (Å²) < 4.78 is 10.6. The van der Waals surface area contributed by atoms with Gasteiger partial charge in [-0.2, -0.15) is 5.26 Å². The van der Waals surface area contributed by atoms with Crippen LogP contribution in [0.3, 0.4) is 0 Å². The molecule has 0 amide bonds. The molecule has 29 heavy (non-hydrogen) atoms. The van der Waals surface area contributed by atoms with Crippen LogP contribution >= 0.6 is 0 Å². The Morgan fingerprint density at radius 1 is 1.38 bits per heavy atom. The quantitative estimate of drug-likeness (QED) is 0.611. The van der Waals surface area contributed by atoms with Gasteiger partial charge in [-0.25, -0.2) is 4.79 Å². The number of benzene rings is 1. The number of hydrogen-bond donors (Lipinski definition) is 2. The van der Waals surface area contributed by atoms with Crippen LogP contribution in [0, 0.1) is 25.2 Å². The number of allylic oxidation sites excluding steroid dienone is 2. The van der Waals surface area contributed by atoms with E-state index in [0.717, 1.165) is 16.5 Å². The van der Waals surface area contributed by atoms with Gasteiger partial charge in [0.1, 0.15) is 24.0 Å². The maximum absolute atomic E-state index is 13.0. The first kappa shape index (κ1) is 20.0. The van der Waals surface area contributed by atoms with Gasteiger partial charge in [0.15, 0.2) is 0 Å². The van der Waals surface area contributed by atoms with Crippen molar-refractivity contribution in [2.45, 2.75) is 26.7 Å². The first-order chi connectivity index (χ1) is 13.8. The van der Waals surface area contributed by atoms with Crippen LogP contribution in [0.1, 0.15) is 29.5 Å². The summed E-state index contributed by atoms with van der Waals surface area (Å²) in [6, 6.07) is 7.54. The van der Waals surface area contributed by atoms with Crippen LogP contribution < -0.4 is 11.3 Å². The second kappa shape index (κ2) is 7.68. The number of carbonyl (C=O) groups is 1. The zero-order valence-corrected chi connectivity index (χ0v) is 16.5. The summed E-state index contributed by atoms with van der Waals surface area (Å²) in [5.74, 6) is -1.66. The first-order valence-electron chi connectivity index (χ1n) is 8.99. The number of aromatic nitrogens is 1. The number of carbonyl (C=O) groups excluding carboxylic acids is 1. The highest BCUT2D eigenvalue weighted by Gasteiger charge is 2.38. The van der Waals surface area contributed by atoms with E-state index in [2.05, 4.69) is 11.6 Å². The lowest BCUT2D eigenvalue weighted by molar-refractivity contribution is -0.138. The lowest BCUT2D eigenvalue weighted by Crippen LogP contribution is -2.29. The number of nitrogens with one attached hydrogen (secondary N) is 1. The van der Waals surface area contributed by atoms with Gasteiger partial charge in [-0.15, -0.1) is 0 Å². The van der Waals surface area contributed by atoms with E-state index in [0.29, 0.717) is 5.52 Å². The van der Waals surface area contributed by atoms with Gasteiger partial charge in [-0.1, -0.05) is 24.8 Å². The minimum absolute atomic E-state index is 0.0173. The number of aromatic amines is 1. The van der Waals surface area contributed by atoms with Crippen LogP contribution in [-0.4, -0.2) is 17.6 Å². The van der Waals surface area contributed by atoms with Gasteiger partial charge in [0.2, 0.25) is 5.88 Å². The molecule has 1 aliphatic rings. The van der Waals surface area contributed by atoms with E-state index in [1.54, 1.807) is 13.0 Å². The molecule has 0 saturated carbocycles. The van der Waals surface area contributed by atoms with Gasteiger partial charge in [-0.05, 0) is 38.0 Å². The fourth-order valence-electron chi connectivity index (χ4n) is 3.48. The molecule has 0 spiro atoms. The Hall–Kier alpha value is -3.79. The molecule has 1 aromatic heterocycles. The van der Waals surface area contributed by atoms with E-state index in [-0.39, 0.29) is 35.0 Å². The van der Waals surface area contributed by atoms with Crippen molar-refractivity contribution in [1.82, 2.24) is 4.98 Å². The average Bonchev–Trinajstić information content (AvgIpc) is 2.68. The smallest absolute Gasteiger partial charge is 0.338 e. The molecular weight excluding hydrogens is 370 g/mol. The predicted octanol–water partition coefficient (Wildman–Crippen LogP) is 2.96. The third kappa shape index (κ3) is 3.41. The van der Waals surface area contributed by atoms with Gasteiger partial charge >= 0.3 is 5.97 Å². The van der Waals surface area contributed by atoms with Crippen LogP contribution in [0.15, 0.2) is 58.4 Å². The summed E-state index contributed by atoms with van der Waals surface area (Å²) in [6.07, 6.45) is 1.43. The Bertz CT molecular complexity index is 1190. The number of H-pyrrole nitrogens is 1. The minimum atomic E-state index is -1.00. The molecule has 148 valence electrons. The number of pyridine rings is 1. The van der Waals surface area contributed by atoms with Crippen molar-refractivity contribution < 1.29 is 14.3 Å². The zero-order valence-electron chi connectivity index (χ0n) is 16.5. The number of aryl methyl sites for hydroxylation is 2. The number of nitrogens with two attached hydrogens (primary N) is 1. The van der Waals surface area contributed by atoms with Gasteiger partial charge in [0.25, 0.3) is 5.56 Å². The van der Waals surface area contributed by atoms with Gasteiger partial charge in [0, 0.05) is 10.9 Å². The number of rotatable bonds is 4. The second-order valence-electron chi connectivity index (χ2n) is 6.82. The molecule has 7 heteroatoms. The van der Waals surface area contributed by atoms with E-state index in [1.165, 1.54) is 6.08 Å². The van der Waals surface area contributed by atoms with E-state index in [4.69, 9.17) is 15.2 Å². The van der Waals surface area contributed by atoms with Crippen molar-refractivity contribution in [3.63, 3.8) is 0 Å². The maximum Gasteiger partial charge on any atom is 0.338 e. The summed E-state index contributed by atoms with van der Waals surface area (Å²) in [4.78, 5) is 28.6. The summed E-state index contributed by atoms with van der Waals surface area (Å²) in [5, 5.41) is 10.5. The van der Waals surface area contributed by atoms with Gasteiger partial charge in [-0.3, -0.25) is 4.79 Å². The molecule has 1 aliphatic heterocycles. The second-order valence-corrected chi connectivity index (χ2v) is 6.82. The fraction of sp³-hybridized carbons (Fsp3) is 0.227. The highest BCUT2D eigenvalue weighted by atomic mass is 16.5. The Morgan fingerprint density at radius 3 is 2.72 bits per heavy atom. The largest absolute Gasteiger partial charge is 0.458 e. The molecule has 1 unspecified atom stereocenters. The number of nitrogens with zero attached hydrogens (tertiary/aromatic N) is 1. The highest BCUT2D eigenvalue weighted by Crippen LogP contribution is 2.39. The van der Waals surface area contributed by atoms with Crippen molar-refractivity contribution in [1.29, 1.82) is 5.26 Å². The zero-order chi connectivity index (χ0) is 21.3. The molecule has 0 bridgehead atoms. The van der Waals surface area contributed by atoms with Crippen molar-refractivity contribution in [3.8, 4) is 6.07 Å². The molecule has 1 atom stereocenters. The average molecular weight is 391 g/mol. The molecule has 0 aliphatic carbocycles. The molecule has 0 radical (unpaired) electrons. The molecule has 0 fully saturated rings. The van der Waals surface area contributed by atoms with Crippen molar-refractivity contribution in [3.05, 3.63) is 80.7 Å². The SMILES string of the molecule is C=CCOC(=O)C1=C(C)OC(N)=C(C#N)C1c1cc2c(C)ccc(C)c2[nH]c1=O. The molecule has 1 aromatic carbocycles. The summed E-state index contributed by atoms with van der Waals surface area (Å²) in [5.41, 5.74) is 8.32. The Morgan fingerprint density at radius 2 is 2.07 bits per heavy atom. The molecule has 2 heterocycles. The molecule has 2 aromatic rings. The first-order valence-corrected chi connectivity index (χ1v) is 8.99. The fourth-order valence-corrected chi connectivity index (χ4v) is 3.48. The summed E-state index contributed by atoms with van der Waals surface area (Å²) >= 11 is 0. The molecule has 3 rings (SSSR count). The van der Waals surface area contributed by atoms with Crippen LogP contribution in [0.5, 0.6) is 0 Å². The minimum Gasteiger partial charge on any atom is -0.458 e. The number of esters is 1. The van der Waals surface area contributed by atoms with E-state index in [9.17, 15) is 14.9 Å². The van der Waals surface area contributed by atoms with E-state index in [1.807, 2.05) is 32.0 Å². The van der Waals surface area contributed by atoms with Crippen LogP contribution in [0.4, 0.5) is 0 Å². The molecule has 7 nitrogen and oxygen atoms in total. The van der Waals surface area contributed by atoms with Crippen molar-refractivity contribution in [2.75, 3.05) is 6.61 Å². The van der Waals surface area contributed by atoms with Crippen molar-refractivity contribution >= 4 is 16.9 Å². The third-order valence-corrected chi connectivity index (χ3v) is 4.94. The lowest BCUT2D eigenvalue weighted by Gasteiger charge is -2.26. The number of ether oxygens (including phenoxy) is 2.